The number of oxazole rings is 1. The fourth-order valence-corrected chi connectivity index (χ4v) is 4.96. The number of rotatable bonds is 5. The lowest BCUT2D eigenvalue weighted by molar-refractivity contribution is 0.167. The van der Waals surface area contributed by atoms with Gasteiger partial charge in [0, 0.05) is 32.1 Å². The Balaban J connectivity index is 1.39. The average Bonchev–Trinajstić information content (AvgIpc) is 3.23. The van der Waals surface area contributed by atoms with Crippen molar-refractivity contribution in [1.29, 1.82) is 0 Å². The van der Waals surface area contributed by atoms with Gasteiger partial charge in [0.15, 0.2) is 5.76 Å². The molecule has 2 aromatic rings. The highest BCUT2D eigenvalue weighted by Crippen LogP contribution is 2.40. The van der Waals surface area contributed by atoms with Crippen molar-refractivity contribution in [1.82, 2.24) is 19.3 Å². The predicted octanol–water partition coefficient (Wildman–Crippen LogP) is 1.66. The molecule has 1 aliphatic carbocycles. The van der Waals surface area contributed by atoms with E-state index in [9.17, 15) is 8.42 Å². The van der Waals surface area contributed by atoms with Crippen molar-refractivity contribution in [2.75, 3.05) is 26.2 Å². The summed E-state index contributed by atoms with van der Waals surface area (Å²) in [7, 11) is -3.56. The average molecular weight is 366 g/mol. The van der Waals surface area contributed by atoms with Gasteiger partial charge >= 0.3 is 0 Å². The van der Waals surface area contributed by atoms with Crippen molar-refractivity contribution in [3.05, 3.63) is 29.3 Å². The van der Waals surface area contributed by atoms with E-state index in [-0.39, 0.29) is 4.90 Å². The maximum Gasteiger partial charge on any atom is 0.248 e. The largest absolute Gasteiger partial charge is 0.444 e. The molecule has 2 fully saturated rings. The van der Waals surface area contributed by atoms with Crippen molar-refractivity contribution >= 4 is 10.0 Å². The van der Waals surface area contributed by atoms with Gasteiger partial charge in [-0.15, -0.1) is 0 Å². The van der Waals surface area contributed by atoms with Crippen LogP contribution in [0.15, 0.2) is 20.0 Å². The molecule has 1 saturated carbocycles. The fourth-order valence-electron chi connectivity index (χ4n) is 3.25. The van der Waals surface area contributed by atoms with Crippen LogP contribution in [0.25, 0.3) is 0 Å². The number of hydrogen-bond donors (Lipinski definition) is 0. The monoisotopic (exact) mass is 366 g/mol. The molecule has 0 spiro atoms. The summed E-state index contributed by atoms with van der Waals surface area (Å²) in [5.74, 6) is 2.59. The third kappa shape index (κ3) is 3.23. The Bertz CT molecular complexity index is 841. The topological polar surface area (TPSA) is 92.7 Å². The molecule has 0 aromatic carbocycles. The van der Waals surface area contributed by atoms with E-state index in [1.54, 1.807) is 13.8 Å². The molecule has 2 aliphatic rings. The van der Waals surface area contributed by atoms with Gasteiger partial charge in [0.25, 0.3) is 0 Å². The van der Waals surface area contributed by atoms with Crippen molar-refractivity contribution < 1.29 is 17.4 Å². The van der Waals surface area contributed by atoms with E-state index in [0.29, 0.717) is 56.0 Å². The molecule has 3 heterocycles. The number of aryl methyl sites for hydroxylation is 2. The second-order valence-corrected chi connectivity index (χ2v) is 8.64. The number of sulfonamides is 1. The third-order valence-corrected chi connectivity index (χ3v) is 6.95. The smallest absolute Gasteiger partial charge is 0.248 e. The Hall–Kier alpha value is -1.71. The van der Waals surface area contributed by atoms with Crippen molar-refractivity contribution in [3.63, 3.8) is 0 Å². The summed E-state index contributed by atoms with van der Waals surface area (Å²) < 4.78 is 37.9. The quantitative estimate of drug-likeness (QED) is 0.794. The minimum absolute atomic E-state index is 0.197. The molecular formula is C16H22N4O4S. The first-order valence-electron chi connectivity index (χ1n) is 8.55. The van der Waals surface area contributed by atoms with E-state index < -0.39 is 10.0 Å². The van der Waals surface area contributed by atoms with Gasteiger partial charge in [-0.2, -0.15) is 4.31 Å². The molecule has 0 bridgehead atoms. The van der Waals surface area contributed by atoms with E-state index in [1.165, 1.54) is 17.1 Å². The zero-order valence-corrected chi connectivity index (χ0v) is 15.3. The van der Waals surface area contributed by atoms with Crippen LogP contribution >= 0.6 is 0 Å². The number of nitrogens with zero attached hydrogens (tertiary/aromatic N) is 4. The van der Waals surface area contributed by atoms with Crippen LogP contribution in [0.1, 0.15) is 41.9 Å². The van der Waals surface area contributed by atoms with Crippen molar-refractivity contribution in [3.8, 4) is 0 Å². The first kappa shape index (κ1) is 16.7. The molecule has 2 aromatic heterocycles. The Kier molecular flexibility index (Phi) is 4.17. The summed E-state index contributed by atoms with van der Waals surface area (Å²) >= 11 is 0. The summed E-state index contributed by atoms with van der Waals surface area (Å²) in [5.41, 5.74) is 0.410. The van der Waals surface area contributed by atoms with Gasteiger partial charge in [-0.1, -0.05) is 5.16 Å². The zero-order chi connectivity index (χ0) is 17.6. The molecule has 1 aliphatic heterocycles. The summed E-state index contributed by atoms with van der Waals surface area (Å²) in [4.78, 5) is 6.71. The minimum Gasteiger partial charge on any atom is -0.444 e. The SMILES string of the molecule is Cc1noc(C)c1S(=O)(=O)N1CCN(Cc2ncc(C3CC3)o2)CC1. The van der Waals surface area contributed by atoms with Crippen LogP contribution in [0.5, 0.6) is 0 Å². The van der Waals surface area contributed by atoms with Crippen molar-refractivity contribution in [2.45, 2.75) is 44.0 Å². The molecule has 0 N–H and O–H groups in total. The first-order valence-corrected chi connectivity index (χ1v) is 9.99. The maximum absolute atomic E-state index is 12.8. The fraction of sp³-hybridized carbons (Fsp3) is 0.625. The molecular weight excluding hydrogens is 344 g/mol. The zero-order valence-electron chi connectivity index (χ0n) is 14.4. The van der Waals surface area contributed by atoms with Crippen LogP contribution in [0.3, 0.4) is 0 Å². The molecule has 0 amide bonds. The highest BCUT2D eigenvalue weighted by molar-refractivity contribution is 7.89. The van der Waals surface area contributed by atoms with Gasteiger partial charge in [-0.3, -0.25) is 4.90 Å². The summed E-state index contributed by atoms with van der Waals surface area (Å²) in [5, 5.41) is 3.76. The lowest BCUT2D eigenvalue weighted by atomic mass is 10.3. The van der Waals surface area contributed by atoms with Gasteiger partial charge in [0.2, 0.25) is 15.9 Å². The van der Waals surface area contributed by atoms with E-state index in [4.69, 9.17) is 8.94 Å². The Morgan fingerprint density at radius 1 is 1.20 bits per heavy atom. The molecule has 4 rings (SSSR count). The Labute approximate surface area is 146 Å². The lowest BCUT2D eigenvalue weighted by Gasteiger charge is -2.33. The molecule has 1 saturated heterocycles. The molecule has 9 heteroatoms. The number of piperazine rings is 1. The summed E-state index contributed by atoms with van der Waals surface area (Å²) in [6.07, 6.45) is 4.20. The normalized spacial score (nSPS) is 20.2. The second-order valence-electron chi connectivity index (χ2n) is 6.76. The molecule has 25 heavy (non-hydrogen) atoms. The molecule has 136 valence electrons. The standard InChI is InChI=1S/C16H22N4O4S/c1-11-16(12(2)24-18-11)25(21,22)20-7-5-19(6-8-20)10-15-17-9-14(23-15)13-3-4-13/h9,13H,3-8,10H2,1-2H3. The maximum atomic E-state index is 12.8. The highest BCUT2D eigenvalue weighted by Gasteiger charge is 2.33. The van der Waals surface area contributed by atoms with Crippen LogP contribution in [0.2, 0.25) is 0 Å². The molecule has 0 atom stereocenters. The summed E-state index contributed by atoms with van der Waals surface area (Å²) in [6, 6.07) is 0. The van der Waals surface area contributed by atoms with Gasteiger partial charge in [0.05, 0.1) is 12.7 Å². The van der Waals surface area contributed by atoms with Gasteiger partial charge in [0.1, 0.15) is 16.3 Å². The Morgan fingerprint density at radius 3 is 2.52 bits per heavy atom. The van der Waals surface area contributed by atoms with Crippen LogP contribution in [-0.2, 0) is 16.6 Å². The van der Waals surface area contributed by atoms with Crippen LogP contribution in [0, 0.1) is 13.8 Å². The van der Waals surface area contributed by atoms with Gasteiger partial charge in [-0.05, 0) is 26.7 Å². The van der Waals surface area contributed by atoms with E-state index >= 15 is 0 Å². The number of hydrogen-bond acceptors (Lipinski definition) is 7. The first-order chi connectivity index (χ1) is 11.9. The third-order valence-electron chi connectivity index (χ3n) is 4.81. The van der Waals surface area contributed by atoms with E-state index in [0.717, 1.165) is 5.76 Å². The minimum atomic E-state index is -3.56. The van der Waals surface area contributed by atoms with Gasteiger partial charge in [-0.25, -0.2) is 13.4 Å². The molecule has 0 unspecified atom stereocenters. The predicted molar refractivity (Wildman–Crippen MR) is 88.5 cm³/mol. The summed E-state index contributed by atoms with van der Waals surface area (Å²) in [6.45, 7) is 6.05. The Morgan fingerprint density at radius 2 is 1.92 bits per heavy atom. The van der Waals surface area contributed by atoms with Gasteiger partial charge < -0.3 is 8.94 Å². The van der Waals surface area contributed by atoms with Crippen LogP contribution < -0.4 is 0 Å². The van der Waals surface area contributed by atoms with E-state index in [1.807, 2.05) is 6.20 Å². The number of aromatic nitrogens is 2. The van der Waals surface area contributed by atoms with Crippen LogP contribution in [0.4, 0.5) is 0 Å². The molecule has 8 nitrogen and oxygen atoms in total. The van der Waals surface area contributed by atoms with E-state index in [2.05, 4.69) is 15.0 Å². The highest BCUT2D eigenvalue weighted by atomic mass is 32.2. The second kappa shape index (κ2) is 6.22. The van der Waals surface area contributed by atoms with Crippen LogP contribution in [-0.4, -0.2) is 53.9 Å². The molecule has 0 radical (unpaired) electrons. The van der Waals surface area contributed by atoms with Crippen molar-refractivity contribution in [2.24, 2.45) is 0 Å². The lowest BCUT2D eigenvalue weighted by Crippen LogP contribution is -2.48.